The number of carbonyl (C=O) groups excluding carboxylic acids is 1. The highest BCUT2D eigenvalue weighted by atomic mass is 16.5. The van der Waals surface area contributed by atoms with Crippen LogP contribution in [0.3, 0.4) is 0 Å². The van der Waals surface area contributed by atoms with Crippen molar-refractivity contribution in [1.82, 2.24) is 4.57 Å². The number of carbonyl (C=O) groups is 1. The van der Waals surface area contributed by atoms with Crippen LogP contribution in [0.4, 0.5) is 0 Å². The van der Waals surface area contributed by atoms with Gasteiger partial charge in [0.15, 0.2) is 0 Å². The molecule has 1 N–H and O–H groups in total. The minimum atomic E-state index is -0.126. The van der Waals surface area contributed by atoms with E-state index < -0.39 is 0 Å². The number of rotatable bonds is 8. The third-order valence-electron chi connectivity index (χ3n) is 5.53. The van der Waals surface area contributed by atoms with Crippen molar-refractivity contribution < 1.29 is 14.6 Å². The topological polar surface area (TPSA) is 51.5 Å². The number of para-hydroxylation sites is 1. The zero-order chi connectivity index (χ0) is 21.0. The summed E-state index contributed by atoms with van der Waals surface area (Å²) in [6.45, 7) is 9.37. The van der Waals surface area contributed by atoms with Gasteiger partial charge in [0.1, 0.15) is 5.75 Å². The van der Waals surface area contributed by atoms with Crippen molar-refractivity contribution in [2.24, 2.45) is 0 Å². The predicted octanol–water partition coefficient (Wildman–Crippen LogP) is 5.71. The van der Waals surface area contributed by atoms with Crippen molar-refractivity contribution >= 4 is 16.9 Å². The molecule has 0 atom stereocenters. The molecule has 0 spiro atoms. The monoisotopic (exact) mass is 393 g/mol. The quantitative estimate of drug-likeness (QED) is 0.499. The maximum Gasteiger partial charge on any atom is 0.305 e. The number of phenolic OH excluding ortho intramolecular Hbond substituents is 1. The van der Waals surface area contributed by atoms with Crippen LogP contribution in [0.1, 0.15) is 61.9 Å². The molecule has 0 saturated heterocycles. The number of hydrogen-bond donors (Lipinski definition) is 1. The summed E-state index contributed by atoms with van der Waals surface area (Å²) in [7, 11) is 0. The number of aryl methyl sites for hydroxylation is 1. The van der Waals surface area contributed by atoms with Gasteiger partial charge >= 0.3 is 5.97 Å². The molecule has 0 aliphatic rings. The maximum absolute atomic E-state index is 11.7. The lowest BCUT2D eigenvalue weighted by Gasteiger charge is -2.13. The fourth-order valence-corrected chi connectivity index (χ4v) is 4.01. The fraction of sp³-hybridized carbons (Fsp3) is 0.400. The number of aromatic hydroxyl groups is 1. The van der Waals surface area contributed by atoms with E-state index in [-0.39, 0.29) is 11.9 Å². The number of hydrogen-bond acceptors (Lipinski definition) is 3. The zero-order valence-electron chi connectivity index (χ0n) is 17.9. The van der Waals surface area contributed by atoms with E-state index in [9.17, 15) is 9.90 Å². The molecule has 0 unspecified atom stereocenters. The summed E-state index contributed by atoms with van der Waals surface area (Å²) >= 11 is 0. The third-order valence-corrected chi connectivity index (χ3v) is 5.53. The summed E-state index contributed by atoms with van der Waals surface area (Å²) in [5.41, 5.74) is 5.89. The van der Waals surface area contributed by atoms with Gasteiger partial charge in [-0.15, -0.1) is 0 Å². The number of nitrogens with zero attached hydrogens (tertiary/aromatic N) is 1. The molecular weight excluding hydrogens is 362 g/mol. The molecule has 0 amide bonds. The Hall–Kier alpha value is -2.75. The van der Waals surface area contributed by atoms with Gasteiger partial charge in [-0.2, -0.15) is 0 Å². The van der Waals surface area contributed by atoms with Gasteiger partial charge in [-0.25, -0.2) is 0 Å². The van der Waals surface area contributed by atoms with Gasteiger partial charge in [0, 0.05) is 29.6 Å². The second-order valence-electron chi connectivity index (χ2n) is 7.87. The molecule has 3 aromatic rings. The Labute approximate surface area is 173 Å². The lowest BCUT2D eigenvalue weighted by molar-refractivity contribution is -0.143. The fourth-order valence-electron chi connectivity index (χ4n) is 4.01. The predicted molar refractivity (Wildman–Crippen MR) is 118 cm³/mol. The molecule has 0 fully saturated rings. The van der Waals surface area contributed by atoms with Gasteiger partial charge in [0.25, 0.3) is 0 Å². The molecule has 4 heteroatoms. The Morgan fingerprint density at radius 1 is 1.17 bits per heavy atom. The molecule has 0 radical (unpaired) electrons. The Bertz CT molecular complexity index is 1000. The molecule has 2 aromatic carbocycles. The van der Waals surface area contributed by atoms with E-state index in [0.717, 1.165) is 24.9 Å². The molecule has 154 valence electrons. The normalized spacial score (nSPS) is 11.3. The minimum Gasteiger partial charge on any atom is -0.508 e. The van der Waals surface area contributed by atoms with Crippen molar-refractivity contribution in [1.29, 1.82) is 0 Å². The van der Waals surface area contributed by atoms with E-state index in [1.54, 1.807) is 6.07 Å². The van der Waals surface area contributed by atoms with Gasteiger partial charge < -0.3 is 14.4 Å². The first kappa shape index (κ1) is 21.0. The van der Waals surface area contributed by atoms with Gasteiger partial charge in [-0.1, -0.05) is 44.2 Å². The highest BCUT2D eigenvalue weighted by Gasteiger charge is 2.15. The van der Waals surface area contributed by atoms with Crippen LogP contribution in [-0.2, 0) is 22.5 Å². The highest BCUT2D eigenvalue weighted by molar-refractivity contribution is 5.85. The summed E-state index contributed by atoms with van der Waals surface area (Å²) in [4.78, 5) is 11.7. The highest BCUT2D eigenvalue weighted by Crippen LogP contribution is 2.30. The molecule has 3 rings (SSSR count). The third kappa shape index (κ3) is 4.64. The second kappa shape index (κ2) is 9.17. The first-order valence-corrected chi connectivity index (χ1v) is 10.5. The molecule has 4 nitrogen and oxygen atoms in total. The lowest BCUT2D eigenvalue weighted by Crippen LogP contribution is -2.05. The van der Waals surface area contributed by atoms with Crippen molar-refractivity contribution in [2.75, 3.05) is 6.61 Å². The molecule has 1 heterocycles. The lowest BCUT2D eigenvalue weighted by atomic mass is 9.99. The van der Waals surface area contributed by atoms with Crippen LogP contribution in [0.2, 0.25) is 0 Å². The van der Waals surface area contributed by atoms with Gasteiger partial charge in [-0.05, 0) is 61.4 Å². The van der Waals surface area contributed by atoms with E-state index in [4.69, 9.17) is 4.74 Å². The molecular formula is C25H31NO3. The summed E-state index contributed by atoms with van der Waals surface area (Å²) < 4.78 is 7.40. The molecule has 1 aromatic heterocycles. The number of esters is 1. The average Bonchev–Trinajstić information content (AvgIpc) is 2.95. The number of fused-ring (bicyclic) bond motifs is 1. The molecule has 0 aliphatic heterocycles. The molecule has 0 aliphatic carbocycles. The van der Waals surface area contributed by atoms with Crippen LogP contribution in [0, 0.1) is 6.92 Å². The summed E-state index contributed by atoms with van der Waals surface area (Å²) in [6, 6.07) is 14.3. The number of benzene rings is 2. The van der Waals surface area contributed by atoms with Crippen LogP contribution < -0.4 is 0 Å². The summed E-state index contributed by atoms with van der Waals surface area (Å²) in [5.74, 6) is 0.507. The van der Waals surface area contributed by atoms with Crippen molar-refractivity contribution in [2.45, 2.75) is 59.4 Å². The first-order valence-electron chi connectivity index (χ1n) is 10.5. The number of phenols is 1. The largest absolute Gasteiger partial charge is 0.508 e. The van der Waals surface area contributed by atoms with Gasteiger partial charge in [0.05, 0.1) is 6.61 Å². The van der Waals surface area contributed by atoms with Crippen LogP contribution in [-0.4, -0.2) is 22.2 Å². The number of ether oxygens (including phenoxy) is 1. The smallest absolute Gasteiger partial charge is 0.305 e. The van der Waals surface area contributed by atoms with E-state index in [0.29, 0.717) is 18.8 Å². The molecule has 29 heavy (non-hydrogen) atoms. The van der Waals surface area contributed by atoms with Gasteiger partial charge in [-0.3, -0.25) is 4.79 Å². The van der Waals surface area contributed by atoms with Crippen molar-refractivity contribution in [3.63, 3.8) is 0 Å². The Kier molecular flexibility index (Phi) is 6.63. The SMILES string of the molecule is CCOC(=O)CCCc1c(C)n(Cc2ccc(O)c(C(C)C)c2)c2ccccc12. The Balaban J connectivity index is 1.90. The molecule has 0 saturated carbocycles. The standard InChI is InChI=1S/C25H31NO3/c1-5-29-25(28)12-8-10-20-18(4)26(23-11-7-6-9-21(20)23)16-19-13-14-24(27)22(15-19)17(2)3/h6-7,9,11,13-15,17,27H,5,8,10,12,16H2,1-4H3. The van der Waals surface area contributed by atoms with E-state index >= 15 is 0 Å². The van der Waals surface area contributed by atoms with E-state index in [2.05, 4.69) is 55.7 Å². The maximum atomic E-state index is 11.7. The van der Waals surface area contributed by atoms with Crippen LogP contribution in [0.15, 0.2) is 42.5 Å². The van der Waals surface area contributed by atoms with Crippen LogP contribution in [0.25, 0.3) is 10.9 Å². The molecule has 0 bridgehead atoms. The minimum absolute atomic E-state index is 0.126. The van der Waals surface area contributed by atoms with E-state index in [1.807, 2.05) is 13.0 Å². The summed E-state index contributed by atoms with van der Waals surface area (Å²) in [5, 5.41) is 11.4. The first-order chi connectivity index (χ1) is 13.9. The van der Waals surface area contributed by atoms with E-state index in [1.165, 1.54) is 27.7 Å². The van der Waals surface area contributed by atoms with Crippen molar-refractivity contribution in [3.05, 3.63) is 64.8 Å². The summed E-state index contributed by atoms with van der Waals surface area (Å²) in [6.07, 6.45) is 2.08. The average molecular weight is 394 g/mol. The Morgan fingerprint density at radius 2 is 1.93 bits per heavy atom. The second-order valence-corrected chi connectivity index (χ2v) is 7.87. The van der Waals surface area contributed by atoms with Crippen LogP contribution >= 0.6 is 0 Å². The van der Waals surface area contributed by atoms with Crippen molar-refractivity contribution in [3.8, 4) is 5.75 Å². The Morgan fingerprint density at radius 3 is 2.66 bits per heavy atom. The zero-order valence-corrected chi connectivity index (χ0v) is 17.9. The number of aromatic nitrogens is 1. The van der Waals surface area contributed by atoms with Gasteiger partial charge in [0.2, 0.25) is 0 Å². The van der Waals surface area contributed by atoms with Crippen LogP contribution in [0.5, 0.6) is 5.75 Å².